The number of hydrogen-bond acceptors (Lipinski definition) is 8. The van der Waals surface area contributed by atoms with Crippen molar-refractivity contribution < 1.29 is 38.2 Å². The molecule has 1 aliphatic carbocycles. The average molecular weight is 563 g/mol. The quantitative estimate of drug-likeness (QED) is 0.169. The number of likely N-dealkylation sites (tertiary alicyclic amines) is 1. The Kier molecular flexibility index (Phi) is 7.59. The number of esters is 1. The number of carbonyl (C=O) groups is 5. The lowest BCUT2D eigenvalue weighted by molar-refractivity contribution is -0.148. The van der Waals surface area contributed by atoms with Crippen LogP contribution < -0.4 is 0 Å². The van der Waals surface area contributed by atoms with E-state index in [0.29, 0.717) is 17.5 Å². The Bertz CT molecular complexity index is 1550. The third-order valence-electron chi connectivity index (χ3n) is 7.99. The van der Waals surface area contributed by atoms with Gasteiger partial charge in [-0.3, -0.25) is 19.3 Å². The Morgan fingerprint density at radius 2 is 1.54 bits per heavy atom. The summed E-state index contributed by atoms with van der Waals surface area (Å²) < 4.78 is 17.5. The molecule has 41 heavy (non-hydrogen) atoms. The average Bonchev–Trinajstić information content (AvgIpc) is 3.61. The van der Waals surface area contributed by atoms with E-state index in [9.17, 15) is 24.0 Å². The molecule has 2 fully saturated rings. The van der Waals surface area contributed by atoms with Crippen LogP contribution in [0.15, 0.2) is 36.4 Å². The topological polar surface area (TPSA) is 121 Å². The van der Waals surface area contributed by atoms with Crippen LogP contribution in [0.5, 0.6) is 0 Å². The van der Waals surface area contributed by atoms with E-state index in [0.717, 1.165) is 41.1 Å². The van der Waals surface area contributed by atoms with Crippen molar-refractivity contribution in [2.45, 2.75) is 64.1 Å². The van der Waals surface area contributed by atoms with Crippen molar-refractivity contribution in [3.8, 4) is 0 Å². The third-order valence-corrected chi connectivity index (χ3v) is 7.99. The highest BCUT2D eigenvalue weighted by Gasteiger charge is 2.50. The van der Waals surface area contributed by atoms with Gasteiger partial charge >= 0.3 is 12.1 Å². The zero-order valence-electron chi connectivity index (χ0n) is 23.7. The van der Waals surface area contributed by atoms with Crippen molar-refractivity contribution in [1.82, 2.24) is 9.47 Å². The Balaban J connectivity index is 1.31. The zero-order chi connectivity index (χ0) is 29.5. The molecule has 0 spiro atoms. The summed E-state index contributed by atoms with van der Waals surface area (Å²) in [6.45, 7) is 4.81. The summed E-state index contributed by atoms with van der Waals surface area (Å²) in [5.41, 5.74) is 1.64. The number of hydrogen-bond donors (Lipinski definition) is 0. The van der Waals surface area contributed by atoms with Gasteiger partial charge in [0.05, 0.1) is 0 Å². The molecule has 10 nitrogen and oxygen atoms in total. The van der Waals surface area contributed by atoms with Gasteiger partial charge in [0.25, 0.3) is 6.47 Å². The second kappa shape index (κ2) is 11.0. The summed E-state index contributed by atoms with van der Waals surface area (Å²) in [5, 5.41) is 1.79. The van der Waals surface area contributed by atoms with Gasteiger partial charge in [0.1, 0.15) is 11.6 Å². The number of amides is 1. The highest BCUT2D eigenvalue weighted by molar-refractivity contribution is 6.12. The number of carbonyl (C=O) groups excluding carboxylic acids is 5. The van der Waals surface area contributed by atoms with Gasteiger partial charge in [-0.25, -0.2) is 9.59 Å². The molecule has 1 aromatic heterocycles. The monoisotopic (exact) mass is 562 g/mol. The van der Waals surface area contributed by atoms with Gasteiger partial charge in [-0.05, 0) is 58.1 Å². The predicted octanol–water partition coefficient (Wildman–Crippen LogP) is 4.59. The molecule has 1 saturated heterocycles. The molecule has 0 radical (unpaired) electrons. The number of Topliss-reactive ketones (excluding diaryl/α,β-unsaturated/α-hetero) is 2. The van der Waals surface area contributed by atoms with Crippen LogP contribution in [0.25, 0.3) is 21.8 Å². The number of ketones is 2. The van der Waals surface area contributed by atoms with Crippen LogP contribution in [0.4, 0.5) is 4.79 Å². The minimum Gasteiger partial charge on any atom is -0.459 e. The zero-order valence-corrected chi connectivity index (χ0v) is 23.7. The van der Waals surface area contributed by atoms with E-state index in [-0.39, 0.29) is 36.6 Å². The molecule has 2 unspecified atom stereocenters. The second-order valence-electron chi connectivity index (χ2n) is 11.8. The van der Waals surface area contributed by atoms with Crippen molar-refractivity contribution in [3.05, 3.63) is 47.5 Å². The number of rotatable bonds is 8. The van der Waals surface area contributed by atoms with E-state index in [4.69, 9.17) is 9.47 Å². The van der Waals surface area contributed by atoms with Gasteiger partial charge in [0.15, 0.2) is 24.8 Å². The maximum Gasteiger partial charge on any atom is 0.411 e. The van der Waals surface area contributed by atoms with Crippen LogP contribution in [0, 0.1) is 5.92 Å². The van der Waals surface area contributed by atoms with Crippen molar-refractivity contribution in [2.24, 2.45) is 13.0 Å². The molecular weight excluding hydrogens is 528 g/mol. The van der Waals surface area contributed by atoms with Gasteiger partial charge in [-0.1, -0.05) is 30.7 Å². The van der Waals surface area contributed by atoms with E-state index in [1.165, 1.54) is 4.90 Å². The van der Waals surface area contributed by atoms with Crippen LogP contribution in [-0.2, 0) is 30.8 Å². The lowest BCUT2D eigenvalue weighted by Gasteiger charge is -2.31. The standard InChI is InChI=1S/C31H34N2O8/c1-31(2,3)41-30(38)33-23-7-5-6-18(23)12-26(33)29(37)40-16-28(36)20-9-11-22-21-10-8-19(27(35)15-39-17-34)13-24(21)32(4)25(22)14-20/h8-11,13-14,17-18,23,26H,5-7,12,15-16H2,1-4H3/t18?,23?,26-/m0/s1. The molecule has 0 N–H and O–H groups in total. The fourth-order valence-electron chi connectivity index (χ4n) is 6.14. The molecular formula is C31H34N2O8. The number of ether oxygens (including phenoxy) is 3. The molecule has 10 heteroatoms. The fourth-order valence-corrected chi connectivity index (χ4v) is 6.14. The Hall–Kier alpha value is -4.21. The highest BCUT2D eigenvalue weighted by atomic mass is 16.6. The smallest absolute Gasteiger partial charge is 0.411 e. The molecule has 5 rings (SSSR count). The second-order valence-corrected chi connectivity index (χ2v) is 11.8. The molecule has 216 valence electrons. The fraction of sp³-hybridized carbons (Fsp3) is 0.452. The highest BCUT2D eigenvalue weighted by Crippen LogP contribution is 2.42. The number of aryl methyl sites for hydroxylation is 1. The first-order valence-corrected chi connectivity index (χ1v) is 13.8. The van der Waals surface area contributed by atoms with E-state index in [1.54, 1.807) is 45.0 Å². The van der Waals surface area contributed by atoms with Crippen LogP contribution in [-0.4, -0.2) is 70.5 Å². The van der Waals surface area contributed by atoms with Crippen LogP contribution in [0.1, 0.15) is 67.2 Å². The molecule has 2 aromatic carbocycles. The number of nitrogens with zero attached hydrogens (tertiary/aromatic N) is 2. The molecule has 2 aliphatic rings. The Labute approximate surface area is 237 Å². The minimum absolute atomic E-state index is 0.0552. The lowest BCUT2D eigenvalue weighted by atomic mass is 10.0. The minimum atomic E-state index is -0.776. The summed E-state index contributed by atoms with van der Waals surface area (Å²) in [6, 6.07) is 9.63. The molecule has 3 atom stereocenters. The van der Waals surface area contributed by atoms with Crippen LogP contribution >= 0.6 is 0 Å². The Morgan fingerprint density at radius 1 is 0.927 bits per heavy atom. The molecule has 0 bridgehead atoms. The maximum absolute atomic E-state index is 13.1. The van der Waals surface area contributed by atoms with E-state index in [2.05, 4.69) is 4.74 Å². The maximum atomic E-state index is 13.1. The van der Waals surface area contributed by atoms with E-state index in [1.807, 2.05) is 23.7 Å². The molecule has 1 aliphatic heterocycles. The summed E-state index contributed by atoms with van der Waals surface area (Å²) in [6.07, 6.45) is 2.74. The summed E-state index contributed by atoms with van der Waals surface area (Å²) in [7, 11) is 1.83. The number of benzene rings is 2. The summed E-state index contributed by atoms with van der Waals surface area (Å²) >= 11 is 0. The van der Waals surface area contributed by atoms with Crippen molar-refractivity contribution in [3.63, 3.8) is 0 Å². The van der Waals surface area contributed by atoms with Gasteiger partial charge in [0.2, 0.25) is 0 Å². The summed E-state index contributed by atoms with van der Waals surface area (Å²) in [4.78, 5) is 63.5. The molecule has 1 amide bonds. The van der Waals surface area contributed by atoms with Crippen LogP contribution in [0.2, 0.25) is 0 Å². The van der Waals surface area contributed by atoms with Crippen LogP contribution in [0.3, 0.4) is 0 Å². The predicted molar refractivity (Wildman–Crippen MR) is 150 cm³/mol. The normalized spacial score (nSPS) is 20.2. The lowest BCUT2D eigenvalue weighted by Crippen LogP contribution is -2.47. The first-order valence-electron chi connectivity index (χ1n) is 13.8. The third kappa shape index (κ3) is 5.55. The SMILES string of the molecule is Cn1c2cc(C(=O)COC=O)ccc2c2ccc(C(=O)COC(=O)[C@@H]3CC4CCCC4N3C(=O)OC(C)(C)C)cc21. The molecule has 2 heterocycles. The van der Waals surface area contributed by atoms with Gasteiger partial charge in [-0.2, -0.15) is 0 Å². The van der Waals surface area contributed by atoms with Gasteiger partial charge < -0.3 is 18.8 Å². The molecule has 3 aromatic rings. The first kappa shape index (κ1) is 28.3. The first-order chi connectivity index (χ1) is 19.5. The van der Waals surface area contributed by atoms with Gasteiger partial charge in [-0.15, -0.1) is 0 Å². The summed E-state index contributed by atoms with van der Waals surface area (Å²) in [5.74, 6) is -1.06. The van der Waals surface area contributed by atoms with Crippen molar-refractivity contribution in [1.29, 1.82) is 0 Å². The van der Waals surface area contributed by atoms with Gasteiger partial charge in [0, 0.05) is 46.0 Å². The van der Waals surface area contributed by atoms with Crippen molar-refractivity contribution in [2.75, 3.05) is 13.2 Å². The number of fused-ring (bicyclic) bond motifs is 4. The number of aromatic nitrogens is 1. The van der Waals surface area contributed by atoms with E-state index >= 15 is 0 Å². The van der Waals surface area contributed by atoms with E-state index < -0.39 is 30.3 Å². The van der Waals surface area contributed by atoms with Crippen molar-refractivity contribution >= 4 is 51.9 Å². The Morgan fingerprint density at radius 3 is 2.12 bits per heavy atom. The molecule has 1 saturated carbocycles. The largest absolute Gasteiger partial charge is 0.459 e.